The zero-order valence-electron chi connectivity index (χ0n) is 10.6. The highest BCUT2D eigenvalue weighted by molar-refractivity contribution is 6.31. The molecule has 0 unspecified atom stereocenters. The van der Waals surface area contributed by atoms with Crippen molar-refractivity contribution in [1.82, 2.24) is 9.97 Å². The van der Waals surface area contributed by atoms with Crippen LogP contribution >= 0.6 is 23.2 Å². The molecule has 0 spiro atoms. The van der Waals surface area contributed by atoms with Crippen LogP contribution in [0.5, 0.6) is 5.88 Å². The Morgan fingerprint density at radius 2 is 2.15 bits per heavy atom. The largest absolute Gasteiger partial charge is 0.481 e. The number of rotatable bonds is 4. The van der Waals surface area contributed by atoms with E-state index in [0.717, 1.165) is 11.3 Å². The molecule has 104 valence electrons. The van der Waals surface area contributed by atoms with E-state index < -0.39 is 0 Å². The molecule has 1 heterocycles. The molecule has 3 N–H and O–H groups in total. The molecule has 20 heavy (non-hydrogen) atoms. The number of methoxy groups -OCH3 is 1. The maximum Gasteiger partial charge on any atom is 0.216 e. The molecule has 0 fully saturated rings. The van der Waals surface area contributed by atoms with Gasteiger partial charge in [-0.25, -0.2) is 9.97 Å². The number of hydrogen-bond acceptors (Lipinski definition) is 5. The highest BCUT2D eigenvalue weighted by Crippen LogP contribution is 2.30. The Bertz CT molecular complexity index is 642. The van der Waals surface area contributed by atoms with E-state index in [9.17, 15) is 0 Å². The Kier molecular flexibility index (Phi) is 4.65. The summed E-state index contributed by atoms with van der Waals surface area (Å²) in [6.07, 6.45) is 2.90. The Hall–Kier alpha value is -1.98. The van der Waals surface area contributed by atoms with E-state index in [2.05, 4.69) is 15.3 Å². The molecule has 5 nitrogen and oxygen atoms in total. The average molecular weight is 311 g/mol. The van der Waals surface area contributed by atoms with E-state index in [1.807, 2.05) is 6.07 Å². The predicted molar refractivity (Wildman–Crippen MR) is 80.8 cm³/mol. The summed E-state index contributed by atoms with van der Waals surface area (Å²) in [6, 6.07) is 7.06. The first kappa shape index (κ1) is 14.4. The van der Waals surface area contributed by atoms with Gasteiger partial charge in [0.2, 0.25) is 5.88 Å². The zero-order valence-corrected chi connectivity index (χ0v) is 12.1. The van der Waals surface area contributed by atoms with Gasteiger partial charge >= 0.3 is 0 Å². The lowest BCUT2D eigenvalue weighted by Crippen LogP contribution is -1.98. The van der Waals surface area contributed by atoms with E-state index in [4.69, 9.17) is 33.7 Å². The third-order valence-electron chi connectivity index (χ3n) is 2.47. The van der Waals surface area contributed by atoms with Gasteiger partial charge in [0.15, 0.2) is 0 Å². The molecule has 0 aliphatic rings. The number of nitrogens with one attached hydrogen (secondary N) is 1. The summed E-state index contributed by atoms with van der Waals surface area (Å²) in [4.78, 5) is 8.18. The molecule has 0 radical (unpaired) electrons. The van der Waals surface area contributed by atoms with Crippen molar-refractivity contribution in [1.29, 1.82) is 0 Å². The van der Waals surface area contributed by atoms with Gasteiger partial charge in [-0.3, -0.25) is 0 Å². The van der Waals surface area contributed by atoms with E-state index in [1.165, 1.54) is 12.5 Å². The molecule has 0 aliphatic heterocycles. The van der Waals surface area contributed by atoms with Crippen LogP contribution in [0.2, 0.25) is 5.02 Å². The van der Waals surface area contributed by atoms with Gasteiger partial charge in [-0.15, -0.1) is 0 Å². The second-order valence-electron chi connectivity index (χ2n) is 3.81. The van der Waals surface area contributed by atoms with Gasteiger partial charge in [0.25, 0.3) is 0 Å². The molecule has 0 amide bonds. The van der Waals surface area contributed by atoms with Crippen molar-refractivity contribution in [3.63, 3.8) is 0 Å². The molecule has 0 bridgehead atoms. The van der Waals surface area contributed by atoms with E-state index in [0.29, 0.717) is 16.6 Å². The van der Waals surface area contributed by atoms with Crippen LogP contribution in [0.3, 0.4) is 0 Å². The standard InChI is InChI=1S/C13H12Cl2N4O/c1-20-13-5-11(18-7-19-13)9-4-8(14)2-3-10(9)17-6-12(15)16/h2-7,17H,16H2,1H3/b12-6-. The van der Waals surface area contributed by atoms with Crippen molar-refractivity contribution in [2.24, 2.45) is 5.73 Å². The Morgan fingerprint density at radius 1 is 1.35 bits per heavy atom. The first-order valence-electron chi connectivity index (χ1n) is 5.64. The van der Waals surface area contributed by atoms with E-state index in [-0.39, 0.29) is 5.16 Å². The van der Waals surface area contributed by atoms with Crippen LogP contribution in [0.25, 0.3) is 11.3 Å². The average Bonchev–Trinajstić information content (AvgIpc) is 2.46. The first-order valence-corrected chi connectivity index (χ1v) is 6.39. The second kappa shape index (κ2) is 6.45. The third kappa shape index (κ3) is 3.53. The summed E-state index contributed by atoms with van der Waals surface area (Å²) in [5, 5.41) is 3.73. The minimum absolute atomic E-state index is 0.145. The number of anilines is 1. The summed E-state index contributed by atoms with van der Waals surface area (Å²) in [7, 11) is 1.54. The fraction of sp³-hybridized carbons (Fsp3) is 0.0769. The van der Waals surface area contributed by atoms with Crippen LogP contribution in [-0.2, 0) is 0 Å². The number of nitrogens with zero attached hydrogens (tertiary/aromatic N) is 2. The predicted octanol–water partition coefficient (Wildman–Crippen LogP) is 3.21. The van der Waals surface area contributed by atoms with Gasteiger partial charge < -0.3 is 15.8 Å². The number of hydrogen-bond donors (Lipinski definition) is 2. The van der Waals surface area contributed by atoms with Crippen molar-refractivity contribution < 1.29 is 4.74 Å². The highest BCUT2D eigenvalue weighted by atomic mass is 35.5. The topological polar surface area (TPSA) is 73.1 Å². The summed E-state index contributed by atoms with van der Waals surface area (Å²) in [5.41, 5.74) is 7.61. The molecule has 0 saturated carbocycles. The lowest BCUT2D eigenvalue weighted by atomic mass is 10.1. The third-order valence-corrected chi connectivity index (χ3v) is 2.82. The van der Waals surface area contributed by atoms with Gasteiger partial charge in [-0.05, 0) is 18.2 Å². The molecule has 0 atom stereocenters. The minimum Gasteiger partial charge on any atom is -0.481 e. The molecule has 1 aromatic heterocycles. The van der Waals surface area contributed by atoms with Crippen molar-refractivity contribution >= 4 is 28.9 Å². The lowest BCUT2D eigenvalue weighted by Gasteiger charge is -2.10. The first-order chi connectivity index (χ1) is 9.60. The van der Waals surface area contributed by atoms with Crippen LogP contribution in [0.15, 0.2) is 41.9 Å². The molecule has 0 saturated heterocycles. The monoisotopic (exact) mass is 310 g/mol. The van der Waals surface area contributed by atoms with E-state index in [1.54, 1.807) is 25.3 Å². The molecule has 0 aliphatic carbocycles. The minimum atomic E-state index is 0.145. The Morgan fingerprint density at radius 3 is 2.85 bits per heavy atom. The Balaban J connectivity index is 2.47. The molecule has 1 aromatic carbocycles. The molecule has 7 heteroatoms. The zero-order chi connectivity index (χ0) is 14.5. The van der Waals surface area contributed by atoms with Crippen LogP contribution in [0.4, 0.5) is 5.69 Å². The lowest BCUT2D eigenvalue weighted by molar-refractivity contribution is 0.397. The van der Waals surface area contributed by atoms with Gasteiger partial charge in [0.05, 0.1) is 12.8 Å². The number of nitrogens with two attached hydrogens (primary N) is 1. The normalized spacial score (nSPS) is 11.2. The van der Waals surface area contributed by atoms with Crippen molar-refractivity contribution in [3.8, 4) is 17.1 Å². The fourth-order valence-electron chi connectivity index (χ4n) is 1.60. The van der Waals surface area contributed by atoms with Crippen molar-refractivity contribution in [2.45, 2.75) is 0 Å². The maximum absolute atomic E-state index is 6.03. The van der Waals surface area contributed by atoms with Gasteiger partial charge in [-0.2, -0.15) is 0 Å². The Labute approximate surface area is 126 Å². The smallest absolute Gasteiger partial charge is 0.216 e. The SMILES string of the molecule is COc1cc(-c2cc(Cl)ccc2N/C=C(\N)Cl)ncn1. The van der Waals surface area contributed by atoms with Crippen molar-refractivity contribution in [2.75, 3.05) is 12.4 Å². The van der Waals surface area contributed by atoms with Crippen LogP contribution in [-0.4, -0.2) is 17.1 Å². The second-order valence-corrected chi connectivity index (χ2v) is 4.68. The van der Waals surface area contributed by atoms with Gasteiger partial charge in [0.1, 0.15) is 11.5 Å². The highest BCUT2D eigenvalue weighted by Gasteiger charge is 2.08. The van der Waals surface area contributed by atoms with Crippen LogP contribution in [0.1, 0.15) is 0 Å². The molecular formula is C13H12Cl2N4O. The maximum atomic E-state index is 6.03. The van der Waals surface area contributed by atoms with Crippen molar-refractivity contribution in [3.05, 3.63) is 47.0 Å². The number of ether oxygens (including phenoxy) is 1. The number of halogens is 2. The summed E-state index contributed by atoms with van der Waals surface area (Å²) < 4.78 is 5.09. The van der Waals surface area contributed by atoms with Gasteiger partial charge in [0, 0.05) is 28.5 Å². The fourth-order valence-corrected chi connectivity index (χ4v) is 1.83. The van der Waals surface area contributed by atoms with Crippen LogP contribution in [0, 0.1) is 0 Å². The molecular weight excluding hydrogens is 299 g/mol. The summed E-state index contributed by atoms with van der Waals surface area (Å²) in [6.45, 7) is 0. The molecule has 2 aromatic rings. The van der Waals surface area contributed by atoms with Gasteiger partial charge in [-0.1, -0.05) is 23.2 Å². The number of benzene rings is 1. The molecule has 2 rings (SSSR count). The quantitative estimate of drug-likeness (QED) is 0.848. The summed E-state index contributed by atoms with van der Waals surface area (Å²) in [5.74, 6) is 0.466. The number of aromatic nitrogens is 2. The summed E-state index contributed by atoms with van der Waals surface area (Å²) >= 11 is 11.6. The van der Waals surface area contributed by atoms with Crippen LogP contribution < -0.4 is 15.8 Å². The van der Waals surface area contributed by atoms with E-state index >= 15 is 0 Å².